The van der Waals surface area contributed by atoms with Gasteiger partial charge in [0.15, 0.2) is 0 Å². The predicted octanol–water partition coefficient (Wildman–Crippen LogP) is 2.31. The Hall–Kier alpha value is 0.0200. The van der Waals surface area contributed by atoms with Gasteiger partial charge in [0.1, 0.15) is 5.78 Å². The lowest BCUT2D eigenvalue weighted by molar-refractivity contribution is -0.120. The molecule has 0 aromatic carbocycles. The van der Waals surface area contributed by atoms with Gasteiger partial charge < -0.3 is 0 Å². The number of ketones is 1. The van der Waals surface area contributed by atoms with Crippen molar-refractivity contribution >= 4 is 18.4 Å². The highest BCUT2D eigenvalue weighted by atomic mass is 32.1. The number of carbonyl (C=O) groups is 1. The maximum absolute atomic E-state index is 10.7. The highest BCUT2D eigenvalue weighted by molar-refractivity contribution is 7.80. The van der Waals surface area contributed by atoms with Crippen LogP contribution in [0.2, 0.25) is 0 Å². The summed E-state index contributed by atoms with van der Waals surface area (Å²) in [4.78, 5) is 10.7. The number of Topliss-reactive ketones (excluding diaryl/α,β-unsaturated/α-hetero) is 1. The monoisotopic (exact) mass is 160 g/mol. The summed E-state index contributed by atoms with van der Waals surface area (Å²) >= 11 is 4.23. The zero-order valence-electron chi connectivity index (χ0n) is 6.92. The van der Waals surface area contributed by atoms with Crippen molar-refractivity contribution in [2.75, 3.05) is 0 Å². The lowest BCUT2D eigenvalue weighted by Gasteiger charge is -2.07. The van der Waals surface area contributed by atoms with Crippen LogP contribution in [0.5, 0.6) is 0 Å². The summed E-state index contributed by atoms with van der Waals surface area (Å²) in [7, 11) is 0. The van der Waals surface area contributed by atoms with Crippen LogP contribution >= 0.6 is 12.6 Å². The molecule has 0 N–H and O–H groups in total. The molecule has 0 aromatic rings. The first kappa shape index (κ1) is 10.0. The van der Waals surface area contributed by atoms with Gasteiger partial charge in [-0.05, 0) is 25.0 Å². The third-order valence-electron chi connectivity index (χ3n) is 1.71. The Morgan fingerprint density at radius 1 is 1.40 bits per heavy atom. The third kappa shape index (κ3) is 4.86. The Labute approximate surface area is 68.6 Å². The van der Waals surface area contributed by atoms with Crippen LogP contribution in [0.3, 0.4) is 0 Å². The van der Waals surface area contributed by atoms with Crippen molar-refractivity contribution < 1.29 is 4.79 Å². The third-order valence-corrected chi connectivity index (χ3v) is 1.97. The summed E-state index contributed by atoms with van der Waals surface area (Å²) in [5, 5.41) is 0.418. The van der Waals surface area contributed by atoms with Crippen LogP contribution in [0.25, 0.3) is 0 Å². The summed E-state index contributed by atoms with van der Waals surface area (Å²) in [5.41, 5.74) is 0. The van der Waals surface area contributed by atoms with E-state index in [1.807, 2.05) is 6.92 Å². The lowest BCUT2D eigenvalue weighted by atomic mass is 10.0. The Morgan fingerprint density at radius 2 is 1.90 bits per heavy atom. The van der Waals surface area contributed by atoms with Crippen LogP contribution in [-0.2, 0) is 4.79 Å². The maximum Gasteiger partial charge on any atom is 0.132 e. The SMILES string of the molecule is CC(=O)C(C)CCC(C)S. The van der Waals surface area contributed by atoms with Gasteiger partial charge in [-0.2, -0.15) is 12.6 Å². The molecule has 0 aliphatic carbocycles. The molecule has 0 radical (unpaired) electrons. The van der Waals surface area contributed by atoms with Crippen LogP contribution in [0.15, 0.2) is 0 Å². The smallest absolute Gasteiger partial charge is 0.132 e. The fraction of sp³-hybridized carbons (Fsp3) is 0.875. The molecule has 2 unspecified atom stereocenters. The van der Waals surface area contributed by atoms with Crippen LogP contribution < -0.4 is 0 Å². The van der Waals surface area contributed by atoms with Gasteiger partial charge in [-0.25, -0.2) is 0 Å². The first-order valence-corrected chi connectivity index (χ1v) is 4.24. The molecule has 0 rings (SSSR count). The zero-order chi connectivity index (χ0) is 8.15. The molecule has 0 aliphatic heterocycles. The van der Waals surface area contributed by atoms with Crippen LogP contribution in [0, 0.1) is 5.92 Å². The zero-order valence-corrected chi connectivity index (χ0v) is 7.82. The molecule has 10 heavy (non-hydrogen) atoms. The summed E-state index contributed by atoms with van der Waals surface area (Å²) in [5.74, 6) is 0.503. The normalized spacial score (nSPS) is 16.4. The number of carbonyl (C=O) groups excluding carboxylic acids is 1. The fourth-order valence-electron chi connectivity index (χ4n) is 0.694. The van der Waals surface area contributed by atoms with Gasteiger partial charge in [0.05, 0.1) is 0 Å². The molecule has 0 heterocycles. The Balaban J connectivity index is 3.40. The van der Waals surface area contributed by atoms with E-state index >= 15 is 0 Å². The van der Waals surface area contributed by atoms with Gasteiger partial charge >= 0.3 is 0 Å². The fourth-order valence-corrected chi connectivity index (χ4v) is 0.844. The molecule has 0 aromatic heterocycles. The molecule has 0 fully saturated rings. The van der Waals surface area contributed by atoms with Crippen molar-refractivity contribution in [2.24, 2.45) is 5.92 Å². The first-order chi connectivity index (χ1) is 4.54. The van der Waals surface area contributed by atoms with Crippen LogP contribution in [0.1, 0.15) is 33.6 Å². The Kier molecular flexibility index (Phi) is 4.79. The second-order valence-corrected chi connectivity index (χ2v) is 3.82. The molecule has 2 atom stereocenters. The minimum atomic E-state index is 0.217. The Bertz CT molecular complexity index is 110. The number of hydrogen-bond donors (Lipinski definition) is 1. The molecule has 60 valence electrons. The van der Waals surface area contributed by atoms with Crippen molar-refractivity contribution in [1.82, 2.24) is 0 Å². The maximum atomic E-state index is 10.7. The molecule has 0 amide bonds. The molecular weight excluding hydrogens is 144 g/mol. The van der Waals surface area contributed by atoms with Gasteiger partial charge in [0.2, 0.25) is 0 Å². The van der Waals surface area contributed by atoms with E-state index in [1.54, 1.807) is 6.92 Å². The summed E-state index contributed by atoms with van der Waals surface area (Å²) in [6, 6.07) is 0. The second kappa shape index (κ2) is 4.78. The number of thiol groups is 1. The molecule has 0 bridgehead atoms. The standard InChI is InChI=1S/C8H16OS/c1-6(8(3)9)4-5-7(2)10/h6-7,10H,4-5H2,1-3H3. The van der Waals surface area contributed by atoms with E-state index in [2.05, 4.69) is 19.6 Å². The summed E-state index contributed by atoms with van der Waals surface area (Å²) in [6.07, 6.45) is 2.00. The van der Waals surface area contributed by atoms with Crippen molar-refractivity contribution in [3.05, 3.63) is 0 Å². The topological polar surface area (TPSA) is 17.1 Å². The van der Waals surface area contributed by atoms with E-state index in [1.165, 1.54) is 0 Å². The molecular formula is C8H16OS. The quantitative estimate of drug-likeness (QED) is 0.624. The highest BCUT2D eigenvalue weighted by Gasteiger charge is 2.07. The van der Waals surface area contributed by atoms with Gasteiger partial charge in [-0.15, -0.1) is 0 Å². The van der Waals surface area contributed by atoms with Crippen LogP contribution in [0.4, 0.5) is 0 Å². The molecule has 0 saturated carbocycles. The van der Waals surface area contributed by atoms with E-state index in [0.29, 0.717) is 5.25 Å². The van der Waals surface area contributed by atoms with Crippen molar-refractivity contribution in [3.63, 3.8) is 0 Å². The highest BCUT2D eigenvalue weighted by Crippen LogP contribution is 2.11. The molecule has 0 aliphatic rings. The second-order valence-electron chi connectivity index (χ2n) is 2.94. The van der Waals surface area contributed by atoms with Gasteiger partial charge in [0.25, 0.3) is 0 Å². The largest absolute Gasteiger partial charge is 0.300 e. The molecule has 2 heteroatoms. The van der Waals surface area contributed by atoms with E-state index < -0.39 is 0 Å². The van der Waals surface area contributed by atoms with E-state index in [4.69, 9.17) is 0 Å². The molecule has 1 nitrogen and oxygen atoms in total. The lowest BCUT2D eigenvalue weighted by Crippen LogP contribution is -2.07. The average molecular weight is 160 g/mol. The number of rotatable bonds is 4. The Morgan fingerprint density at radius 3 is 2.20 bits per heavy atom. The minimum Gasteiger partial charge on any atom is -0.300 e. The number of hydrogen-bond acceptors (Lipinski definition) is 2. The van der Waals surface area contributed by atoms with E-state index in [0.717, 1.165) is 12.8 Å². The van der Waals surface area contributed by atoms with Gasteiger partial charge in [-0.1, -0.05) is 13.8 Å². The summed E-state index contributed by atoms with van der Waals surface area (Å²) in [6.45, 7) is 5.67. The molecule has 0 saturated heterocycles. The van der Waals surface area contributed by atoms with Crippen molar-refractivity contribution in [3.8, 4) is 0 Å². The van der Waals surface area contributed by atoms with E-state index in [9.17, 15) is 4.79 Å². The average Bonchev–Trinajstić information content (AvgIpc) is 1.82. The van der Waals surface area contributed by atoms with E-state index in [-0.39, 0.29) is 11.7 Å². The molecule has 0 spiro atoms. The predicted molar refractivity (Wildman–Crippen MR) is 47.5 cm³/mol. The van der Waals surface area contributed by atoms with Gasteiger partial charge in [-0.3, -0.25) is 4.79 Å². The minimum absolute atomic E-state index is 0.217. The first-order valence-electron chi connectivity index (χ1n) is 3.72. The van der Waals surface area contributed by atoms with Crippen molar-refractivity contribution in [2.45, 2.75) is 38.9 Å². The van der Waals surface area contributed by atoms with Crippen LogP contribution in [-0.4, -0.2) is 11.0 Å². The van der Waals surface area contributed by atoms with Crippen molar-refractivity contribution in [1.29, 1.82) is 0 Å². The van der Waals surface area contributed by atoms with Gasteiger partial charge in [0, 0.05) is 5.92 Å². The summed E-state index contributed by atoms with van der Waals surface area (Å²) < 4.78 is 0.